The Hall–Kier alpha value is -0.670. The summed E-state index contributed by atoms with van der Waals surface area (Å²) < 4.78 is 13.4. The molecule has 0 nitrogen and oxygen atoms in total. The Balaban J connectivity index is 2.65. The van der Waals surface area contributed by atoms with E-state index in [9.17, 15) is 4.39 Å². The quantitative estimate of drug-likeness (QED) is 0.565. The van der Waals surface area contributed by atoms with Gasteiger partial charge in [0.2, 0.25) is 0 Å². The molecule has 0 bridgehead atoms. The van der Waals surface area contributed by atoms with Crippen LogP contribution in [0.2, 0.25) is 0 Å². The van der Waals surface area contributed by atoms with Gasteiger partial charge in [-0.2, -0.15) is 25.3 Å². The summed E-state index contributed by atoms with van der Waals surface area (Å²) in [6, 6.07) is 0. The highest BCUT2D eigenvalue weighted by atomic mass is 32.1. The predicted octanol–water partition coefficient (Wildman–Crippen LogP) is 5.92. The summed E-state index contributed by atoms with van der Waals surface area (Å²) in [6.07, 6.45) is 14.9. The minimum absolute atomic E-state index is 0.0286. The first-order valence-electron chi connectivity index (χ1n) is 8.18. The second-order valence-corrected chi connectivity index (χ2v) is 8.00. The first-order valence-corrected chi connectivity index (χ1v) is 9.45. The van der Waals surface area contributed by atoms with Gasteiger partial charge >= 0.3 is 0 Å². The molecule has 0 fully saturated rings. The average molecular weight is 351 g/mol. The number of alkyl halides is 1. The number of thiol groups is 2. The van der Waals surface area contributed by atoms with Crippen LogP contribution >= 0.6 is 25.3 Å². The number of fused-ring (bicyclic) bond motifs is 1. The van der Waals surface area contributed by atoms with E-state index in [1.54, 1.807) is 0 Å². The number of allylic oxidation sites excluding steroid dienone is 10. The Morgan fingerprint density at radius 2 is 1.70 bits per heavy atom. The van der Waals surface area contributed by atoms with Crippen LogP contribution in [0.3, 0.4) is 0 Å². The molecule has 23 heavy (non-hydrogen) atoms. The Labute approximate surface area is 151 Å². The first kappa shape index (κ1) is 18.7. The molecule has 0 aliphatic heterocycles. The van der Waals surface area contributed by atoms with Crippen LogP contribution in [0.15, 0.2) is 58.7 Å². The summed E-state index contributed by atoms with van der Waals surface area (Å²) in [6.45, 7) is 6.17. The third-order valence-corrected chi connectivity index (χ3v) is 5.21. The zero-order valence-corrected chi connectivity index (χ0v) is 16.1. The molecule has 2 aliphatic rings. The molecule has 0 aromatic rings. The molecule has 0 aromatic heterocycles. The molecular weight excluding hydrogens is 323 g/mol. The second-order valence-electron chi connectivity index (χ2n) is 7.10. The number of halogens is 1. The lowest BCUT2D eigenvalue weighted by Crippen LogP contribution is -2.21. The SMILES string of the molecule is CC1=CC(C)(CCS)C=C2C(=C1)C=CC(CF)=CC2(C)CCS. The number of rotatable bonds is 5. The maximum atomic E-state index is 13.4. The van der Waals surface area contributed by atoms with Crippen molar-refractivity contribution in [1.29, 1.82) is 0 Å². The highest BCUT2D eigenvalue weighted by Crippen LogP contribution is 2.46. The van der Waals surface area contributed by atoms with Crippen LogP contribution in [-0.2, 0) is 0 Å². The summed E-state index contributed by atoms with van der Waals surface area (Å²) in [5.41, 5.74) is 4.24. The van der Waals surface area contributed by atoms with E-state index in [4.69, 9.17) is 0 Å². The third-order valence-electron chi connectivity index (χ3n) is 4.76. The molecule has 126 valence electrons. The van der Waals surface area contributed by atoms with Crippen molar-refractivity contribution in [2.24, 2.45) is 10.8 Å². The standard InChI is InChI=1S/C20H27FS2/c1-15-10-17-5-4-16(14-21)12-20(3,7-9-23)18(17)13-19(2,11-15)6-8-22/h4-5,10-13,22-23H,6-9,14H2,1-3H3. The summed E-state index contributed by atoms with van der Waals surface area (Å²) in [7, 11) is 0. The van der Waals surface area contributed by atoms with Crippen molar-refractivity contribution >= 4 is 25.3 Å². The van der Waals surface area contributed by atoms with Crippen molar-refractivity contribution < 1.29 is 4.39 Å². The Morgan fingerprint density at radius 3 is 2.30 bits per heavy atom. The van der Waals surface area contributed by atoms with Gasteiger partial charge in [-0.3, -0.25) is 0 Å². The fourth-order valence-electron chi connectivity index (χ4n) is 3.61. The Morgan fingerprint density at radius 1 is 1.00 bits per heavy atom. The minimum atomic E-state index is -0.429. The summed E-state index contributed by atoms with van der Waals surface area (Å²) in [5, 5.41) is 0. The third kappa shape index (κ3) is 4.24. The molecule has 2 rings (SSSR count). The lowest BCUT2D eigenvalue weighted by atomic mass is 9.72. The van der Waals surface area contributed by atoms with Gasteiger partial charge in [0.1, 0.15) is 6.67 Å². The smallest absolute Gasteiger partial charge is 0.114 e. The van der Waals surface area contributed by atoms with Crippen molar-refractivity contribution in [3.05, 3.63) is 58.7 Å². The molecule has 0 spiro atoms. The summed E-state index contributed by atoms with van der Waals surface area (Å²) in [4.78, 5) is 0. The molecule has 0 saturated heterocycles. The van der Waals surface area contributed by atoms with Crippen LogP contribution in [0, 0.1) is 10.8 Å². The van der Waals surface area contributed by atoms with Crippen molar-refractivity contribution in [1.82, 2.24) is 0 Å². The first-order chi connectivity index (χ1) is 10.9. The van der Waals surface area contributed by atoms with Gasteiger partial charge in [-0.05, 0) is 48.0 Å². The summed E-state index contributed by atoms with van der Waals surface area (Å²) >= 11 is 8.89. The molecule has 0 radical (unpaired) electrons. The maximum absolute atomic E-state index is 13.4. The molecule has 0 aromatic carbocycles. The minimum Gasteiger partial charge on any atom is -0.246 e. The maximum Gasteiger partial charge on any atom is 0.114 e. The topological polar surface area (TPSA) is 0 Å². The van der Waals surface area contributed by atoms with E-state index in [1.165, 1.54) is 16.7 Å². The van der Waals surface area contributed by atoms with Gasteiger partial charge in [0, 0.05) is 10.8 Å². The van der Waals surface area contributed by atoms with Gasteiger partial charge in [-0.25, -0.2) is 4.39 Å². The average Bonchev–Trinajstić information content (AvgIpc) is 2.67. The molecule has 3 heteroatoms. The normalized spacial score (nSPS) is 30.5. The van der Waals surface area contributed by atoms with Crippen molar-refractivity contribution in [3.63, 3.8) is 0 Å². The van der Waals surface area contributed by atoms with Gasteiger partial charge < -0.3 is 0 Å². The van der Waals surface area contributed by atoms with Gasteiger partial charge in [0.15, 0.2) is 0 Å². The van der Waals surface area contributed by atoms with Crippen LogP contribution in [0.5, 0.6) is 0 Å². The number of hydrogen-bond donors (Lipinski definition) is 2. The van der Waals surface area contributed by atoms with Crippen molar-refractivity contribution in [3.8, 4) is 0 Å². The van der Waals surface area contributed by atoms with Crippen LogP contribution in [-0.4, -0.2) is 18.2 Å². The molecule has 0 N–H and O–H groups in total. The van der Waals surface area contributed by atoms with Crippen LogP contribution < -0.4 is 0 Å². The highest BCUT2D eigenvalue weighted by Gasteiger charge is 2.33. The summed E-state index contributed by atoms with van der Waals surface area (Å²) in [5.74, 6) is 1.61. The van der Waals surface area contributed by atoms with E-state index >= 15 is 0 Å². The van der Waals surface area contributed by atoms with E-state index in [0.717, 1.165) is 29.9 Å². The second kappa shape index (κ2) is 7.48. The predicted molar refractivity (Wildman–Crippen MR) is 106 cm³/mol. The monoisotopic (exact) mass is 350 g/mol. The van der Waals surface area contributed by atoms with Gasteiger partial charge in [-0.15, -0.1) is 0 Å². The zero-order chi connectivity index (χ0) is 17.1. The van der Waals surface area contributed by atoms with Crippen LogP contribution in [0.25, 0.3) is 0 Å². The van der Waals surface area contributed by atoms with Crippen molar-refractivity contribution in [2.45, 2.75) is 33.6 Å². The van der Waals surface area contributed by atoms with E-state index in [1.807, 2.05) is 6.08 Å². The Kier molecular flexibility index (Phi) is 6.07. The molecule has 0 amide bonds. The highest BCUT2D eigenvalue weighted by molar-refractivity contribution is 7.80. The van der Waals surface area contributed by atoms with Crippen molar-refractivity contribution in [2.75, 3.05) is 18.2 Å². The lowest BCUT2D eigenvalue weighted by molar-refractivity contribution is 0.470. The number of hydrogen-bond acceptors (Lipinski definition) is 2. The Bertz CT molecular complexity index is 609. The van der Waals surface area contributed by atoms with Crippen LogP contribution in [0.1, 0.15) is 33.6 Å². The van der Waals surface area contributed by atoms with E-state index in [0.29, 0.717) is 0 Å². The van der Waals surface area contributed by atoms with E-state index in [-0.39, 0.29) is 10.8 Å². The fourth-order valence-corrected chi connectivity index (χ4v) is 4.56. The van der Waals surface area contributed by atoms with Gasteiger partial charge in [0.05, 0.1) is 0 Å². The molecule has 2 atom stereocenters. The lowest BCUT2D eigenvalue weighted by Gasteiger charge is -2.32. The van der Waals surface area contributed by atoms with Crippen LogP contribution in [0.4, 0.5) is 4.39 Å². The largest absolute Gasteiger partial charge is 0.246 e. The molecule has 2 unspecified atom stereocenters. The molecular formula is C20H27FS2. The van der Waals surface area contributed by atoms with Gasteiger partial charge in [-0.1, -0.05) is 55.9 Å². The molecule has 0 saturated carbocycles. The molecule has 2 aliphatic carbocycles. The molecule has 0 heterocycles. The zero-order valence-electron chi connectivity index (χ0n) is 14.3. The van der Waals surface area contributed by atoms with E-state index < -0.39 is 6.67 Å². The van der Waals surface area contributed by atoms with E-state index in [2.05, 4.69) is 76.4 Å². The fraction of sp³-hybridized carbons (Fsp3) is 0.500. The van der Waals surface area contributed by atoms with Gasteiger partial charge in [0.25, 0.3) is 0 Å².